The van der Waals surface area contributed by atoms with Crippen molar-refractivity contribution in [3.05, 3.63) is 39.7 Å². The number of pyridine rings is 1. The maximum atomic E-state index is 13.6. The van der Waals surface area contributed by atoms with Gasteiger partial charge < -0.3 is 0 Å². The second-order valence-corrected chi connectivity index (χ2v) is 9.81. The predicted octanol–water partition coefficient (Wildman–Crippen LogP) is 4.73. The number of fused-ring (bicyclic) bond motifs is 5. The van der Waals surface area contributed by atoms with Crippen LogP contribution in [0.25, 0.3) is 0 Å². The Kier molecular flexibility index (Phi) is 3.39. The molecule has 5 aliphatic rings. The third-order valence-corrected chi connectivity index (χ3v) is 7.47. The Bertz CT molecular complexity index is 863. The van der Waals surface area contributed by atoms with Crippen LogP contribution in [0.15, 0.2) is 17.3 Å². The topological polar surface area (TPSA) is 47.0 Å². The summed E-state index contributed by atoms with van der Waals surface area (Å²) in [6, 6.07) is 0. The first kappa shape index (κ1) is 16.4. The number of aromatic nitrogens is 1. The summed E-state index contributed by atoms with van der Waals surface area (Å²) in [4.78, 5) is 31.5. The molecule has 1 aromatic rings. The number of carbonyl (C=O) groups excluding carboxylic acids is 2. The lowest BCUT2D eigenvalue weighted by atomic mass is 9.60. The van der Waals surface area contributed by atoms with Crippen LogP contribution >= 0.6 is 0 Å². The van der Waals surface area contributed by atoms with E-state index in [1.165, 1.54) is 0 Å². The van der Waals surface area contributed by atoms with Crippen LogP contribution < -0.4 is 0 Å². The van der Waals surface area contributed by atoms with Gasteiger partial charge in [-0.2, -0.15) is 0 Å². The molecule has 1 saturated carbocycles. The maximum Gasteiger partial charge on any atom is 0.192 e. The van der Waals surface area contributed by atoms with Gasteiger partial charge in [0.15, 0.2) is 11.6 Å². The first-order chi connectivity index (χ1) is 12.4. The highest BCUT2D eigenvalue weighted by atomic mass is 16.1. The molecule has 5 aliphatic carbocycles. The fourth-order valence-corrected chi connectivity index (χ4v) is 5.86. The first-order valence-corrected chi connectivity index (χ1v) is 10.2. The van der Waals surface area contributed by atoms with Crippen LogP contribution in [-0.2, 0) is 12.8 Å². The Hall–Kier alpha value is -1.77. The SMILES string of the molecule is CC(C)(C)C1CCc2ncc3c(c2C1)C(=O)C1=C(C3=O)C2CCC1CC2. The summed E-state index contributed by atoms with van der Waals surface area (Å²) in [5.41, 5.74) is 5.40. The van der Waals surface area contributed by atoms with E-state index in [9.17, 15) is 9.59 Å². The van der Waals surface area contributed by atoms with Crippen molar-refractivity contribution >= 4 is 11.6 Å². The van der Waals surface area contributed by atoms with Crippen LogP contribution in [0, 0.1) is 23.2 Å². The number of allylic oxidation sites excluding steroid dienone is 2. The molecule has 0 amide bonds. The highest BCUT2D eigenvalue weighted by Gasteiger charge is 2.46. The number of hydrogen-bond donors (Lipinski definition) is 0. The summed E-state index contributed by atoms with van der Waals surface area (Å²) in [5.74, 6) is 1.42. The summed E-state index contributed by atoms with van der Waals surface area (Å²) >= 11 is 0. The lowest BCUT2D eigenvalue weighted by Gasteiger charge is -2.42. The van der Waals surface area contributed by atoms with E-state index in [1.807, 2.05) is 0 Å². The van der Waals surface area contributed by atoms with Gasteiger partial charge in [-0.15, -0.1) is 0 Å². The molecule has 1 aromatic heterocycles. The van der Waals surface area contributed by atoms with Crippen LogP contribution in [0.3, 0.4) is 0 Å². The van der Waals surface area contributed by atoms with Crippen molar-refractivity contribution in [1.82, 2.24) is 4.98 Å². The molecule has 6 rings (SSSR count). The van der Waals surface area contributed by atoms with Gasteiger partial charge in [0, 0.05) is 28.6 Å². The number of carbonyl (C=O) groups is 2. The molecule has 0 N–H and O–H groups in total. The van der Waals surface area contributed by atoms with Gasteiger partial charge in [0.05, 0.1) is 5.56 Å². The van der Waals surface area contributed by atoms with E-state index < -0.39 is 0 Å². The maximum absolute atomic E-state index is 13.6. The van der Waals surface area contributed by atoms with Crippen LogP contribution in [0.4, 0.5) is 0 Å². The fourth-order valence-electron chi connectivity index (χ4n) is 5.86. The molecule has 136 valence electrons. The van der Waals surface area contributed by atoms with Gasteiger partial charge in [-0.05, 0) is 73.7 Å². The Morgan fingerprint density at radius 1 is 0.923 bits per heavy atom. The minimum absolute atomic E-state index is 0.109. The predicted molar refractivity (Wildman–Crippen MR) is 100 cm³/mol. The summed E-state index contributed by atoms with van der Waals surface area (Å²) in [7, 11) is 0. The lowest BCUT2D eigenvalue weighted by molar-refractivity contribution is 0.0918. The van der Waals surface area contributed by atoms with Gasteiger partial charge >= 0.3 is 0 Å². The van der Waals surface area contributed by atoms with Crippen LogP contribution in [-0.4, -0.2) is 16.6 Å². The van der Waals surface area contributed by atoms with Gasteiger partial charge in [0.25, 0.3) is 0 Å². The van der Waals surface area contributed by atoms with E-state index in [4.69, 9.17) is 0 Å². The zero-order chi connectivity index (χ0) is 18.2. The van der Waals surface area contributed by atoms with E-state index in [-0.39, 0.29) is 17.0 Å². The molecule has 0 aromatic carbocycles. The minimum atomic E-state index is 0.109. The standard InChI is InChI=1S/C23H27NO2/c1-23(2,3)14-8-9-17-15(10-14)20-16(11-24-17)21(25)18-12-4-6-13(7-5-12)19(18)22(20)26/h11-14H,4-10H2,1-3H3. The van der Waals surface area contributed by atoms with Crippen LogP contribution in [0.1, 0.15) is 84.8 Å². The van der Waals surface area contributed by atoms with Crippen LogP contribution in [0.2, 0.25) is 0 Å². The number of ketones is 2. The van der Waals surface area contributed by atoms with Crippen molar-refractivity contribution in [1.29, 1.82) is 0 Å². The molecule has 0 saturated heterocycles. The molecular weight excluding hydrogens is 322 g/mol. The van der Waals surface area contributed by atoms with Crippen molar-refractivity contribution in [3.8, 4) is 0 Å². The van der Waals surface area contributed by atoms with Crippen molar-refractivity contribution in [2.45, 2.75) is 65.7 Å². The van der Waals surface area contributed by atoms with Gasteiger partial charge in [-0.3, -0.25) is 14.6 Å². The molecule has 0 spiro atoms. The lowest BCUT2D eigenvalue weighted by Crippen LogP contribution is -2.39. The zero-order valence-corrected chi connectivity index (χ0v) is 16.0. The van der Waals surface area contributed by atoms with Crippen molar-refractivity contribution in [2.24, 2.45) is 23.2 Å². The quantitative estimate of drug-likeness (QED) is 0.680. The van der Waals surface area contributed by atoms with E-state index in [2.05, 4.69) is 25.8 Å². The molecule has 1 unspecified atom stereocenters. The van der Waals surface area contributed by atoms with Gasteiger partial charge in [0.2, 0.25) is 0 Å². The number of hydrogen-bond acceptors (Lipinski definition) is 3. The minimum Gasteiger partial charge on any atom is -0.289 e. The molecule has 1 fully saturated rings. The first-order valence-electron chi connectivity index (χ1n) is 10.2. The highest BCUT2D eigenvalue weighted by molar-refractivity contribution is 6.28. The third kappa shape index (κ3) is 2.15. The smallest absolute Gasteiger partial charge is 0.192 e. The van der Waals surface area contributed by atoms with Crippen molar-refractivity contribution < 1.29 is 9.59 Å². The Morgan fingerprint density at radius 3 is 2.15 bits per heavy atom. The second-order valence-electron chi connectivity index (χ2n) is 9.81. The molecule has 0 aliphatic heterocycles. The molecular formula is C23H27NO2. The molecule has 1 atom stereocenters. The number of nitrogens with zero attached hydrogens (tertiary/aromatic N) is 1. The second kappa shape index (κ2) is 5.37. The van der Waals surface area contributed by atoms with Gasteiger partial charge in [-0.1, -0.05) is 20.8 Å². The average molecular weight is 349 g/mol. The fraction of sp³-hybridized carbons (Fsp3) is 0.609. The molecule has 1 heterocycles. The molecule has 26 heavy (non-hydrogen) atoms. The summed E-state index contributed by atoms with van der Waals surface area (Å²) in [6.45, 7) is 6.83. The number of aryl methyl sites for hydroxylation is 1. The summed E-state index contributed by atoms with van der Waals surface area (Å²) < 4.78 is 0. The summed E-state index contributed by atoms with van der Waals surface area (Å²) in [6.07, 6.45) is 8.92. The van der Waals surface area contributed by atoms with E-state index in [0.29, 0.717) is 23.3 Å². The Balaban J connectivity index is 1.67. The highest BCUT2D eigenvalue weighted by Crippen LogP contribution is 2.50. The average Bonchev–Trinajstić information content (AvgIpc) is 2.64. The van der Waals surface area contributed by atoms with E-state index >= 15 is 0 Å². The van der Waals surface area contributed by atoms with Crippen molar-refractivity contribution in [3.63, 3.8) is 0 Å². The monoisotopic (exact) mass is 349 g/mol. The van der Waals surface area contributed by atoms with Gasteiger partial charge in [-0.25, -0.2) is 0 Å². The Morgan fingerprint density at radius 2 is 1.54 bits per heavy atom. The van der Waals surface area contributed by atoms with Crippen molar-refractivity contribution in [2.75, 3.05) is 0 Å². The summed E-state index contributed by atoms with van der Waals surface area (Å²) in [5, 5.41) is 0. The largest absolute Gasteiger partial charge is 0.289 e. The molecule has 3 heteroatoms. The molecule has 2 bridgehead atoms. The van der Waals surface area contributed by atoms with Crippen LogP contribution in [0.5, 0.6) is 0 Å². The van der Waals surface area contributed by atoms with E-state index in [1.54, 1.807) is 6.20 Å². The molecule has 0 radical (unpaired) electrons. The molecule has 3 nitrogen and oxygen atoms in total. The Labute approximate surface area is 155 Å². The number of Topliss-reactive ketones (excluding diaryl/α,β-unsaturated/α-hetero) is 2. The number of rotatable bonds is 0. The zero-order valence-electron chi connectivity index (χ0n) is 16.0. The third-order valence-electron chi connectivity index (χ3n) is 7.47. The normalized spacial score (nSPS) is 30.2. The van der Waals surface area contributed by atoms with Gasteiger partial charge in [0.1, 0.15) is 0 Å². The van der Waals surface area contributed by atoms with E-state index in [0.717, 1.165) is 72.9 Å².